The van der Waals surface area contributed by atoms with Crippen molar-refractivity contribution in [3.8, 4) is 0 Å². The van der Waals surface area contributed by atoms with E-state index < -0.39 is 0 Å². The molecule has 2 atom stereocenters. The Bertz CT molecular complexity index is 215. The molecule has 1 unspecified atom stereocenters. The molecular weight excluding hydrogens is 146 g/mol. The van der Waals surface area contributed by atoms with E-state index in [0.717, 1.165) is 5.92 Å². The Morgan fingerprint density at radius 3 is 3.25 bits per heavy atom. The van der Waals surface area contributed by atoms with Crippen molar-refractivity contribution in [2.24, 2.45) is 5.92 Å². The third kappa shape index (κ3) is 1.40. The van der Waals surface area contributed by atoms with E-state index in [1.807, 2.05) is 0 Å². The quantitative estimate of drug-likeness (QED) is 0.579. The summed E-state index contributed by atoms with van der Waals surface area (Å²) in [6.07, 6.45) is 12.0. The molecule has 1 nitrogen and oxygen atoms in total. The third-order valence-electron chi connectivity index (χ3n) is 3.08. The van der Waals surface area contributed by atoms with Gasteiger partial charge in [-0.25, -0.2) is 0 Å². The molecule has 2 aliphatic rings. The monoisotopic (exact) mass is 163 g/mol. The predicted molar refractivity (Wildman–Crippen MR) is 51.8 cm³/mol. The molecule has 1 aliphatic heterocycles. The lowest BCUT2D eigenvalue weighted by Gasteiger charge is -2.29. The molecule has 1 fully saturated rings. The molecular formula is C11H17N. The van der Waals surface area contributed by atoms with Crippen LogP contribution in [0.2, 0.25) is 0 Å². The van der Waals surface area contributed by atoms with E-state index in [2.05, 4.69) is 30.6 Å². The van der Waals surface area contributed by atoms with Crippen molar-refractivity contribution in [1.82, 2.24) is 5.32 Å². The lowest BCUT2D eigenvalue weighted by Crippen LogP contribution is -2.31. The zero-order valence-electron chi connectivity index (χ0n) is 7.72. The van der Waals surface area contributed by atoms with Crippen LogP contribution in [-0.2, 0) is 0 Å². The number of nitrogens with one attached hydrogen (secondary N) is 1. The Morgan fingerprint density at radius 1 is 1.42 bits per heavy atom. The van der Waals surface area contributed by atoms with Gasteiger partial charge in [-0.3, -0.25) is 0 Å². The lowest BCUT2D eigenvalue weighted by molar-refractivity contribution is 0.376. The molecule has 1 heteroatoms. The second kappa shape index (κ2) is 3.34. The van der Waals surface area contributed by atoms with Gasteiger partial charge in [0.1, 0.15) is 0 Å². The highest BCUT2D eigenvalue weighted by molar-refractivity contribution is 5.20. The van der Waals surface area contributed by atoms with Gasteiger partial charge in [0.25, 0.3) is 0 Å². The second-order valence-electron chi connectivity index (χ2n) is 3.91. The summed E-state index contributed by atoms with van der Waals surface area (Å²) in [7, 11) is 0. The topological polar surface area (TPSA) is 12.0 Å². The van der Waals surface area contributed by atoms with Gasteiger partial charge in [-0.1, -0.05) is 18.1 Å². The van der Waals surface area contributed by atoms with Gasteiger partial charge < -0.3 is 5.32 Å². The number of rotatable bonds is 0. The van der Waals surface area contributed by atoms with Crippen LogP contribution in [-0.4, -0.2) is 6.04 Å². The van der Waals surface area contributed by atoms with Crippen molar-refractivity contribution in [1.29, 1.82) is 0 Å². The molecule has 0 radical (unpaired) electrons. The highest BCUT2D eigenvalue weighted by Gasteiger charge is 2.23. The van der Waals surface area contributed by atoms with E-state index in [1.165, 1.54) is 25.7 Å². The zero-order chi connectivity index (χ0) is 8.39. The normalized spacial score (nSPS) is 34.6. The molecule has 0 aromatic heterocycles. The smallest absolute Gasteiger partial charge is 0.0292 e. The van der Waals surface area contributed by atoms with Gasteiger partial charge in [0, 0.05) is 6.04 Å². The first-order valence-electron chi connectivity index (χ1n) is 4.99. The summed E-state index contributed by atoms with van der Waals surface area (Å²) in [5.74, 6) is 0.800. The van der Waals surface area contributed by atoms with Crippen molar-refractivity contribution in [3.05, 3.63) is 23.9 Å². The predicted octanol–water partition coefficient (Wildman–Crippen LogP) is 2.61. The van der Waals surface area contributed by atoms with Gasteiger partial charge >= 0.3 is 0 Å². The average molecular weight is 163 g/mol. The lowest BCUT2D eigenvalue weighted by atomic mass is 9.80. The van der Waals surface area contributed by atoms with Gasteiger partial charge in [-0.15, -0.1) is 0 Å². The summed E-state index contributed by atoms with van der Waals surface area (Å²) in [4.78, 5) is 0. The van der Waals surface area contributed by atoms with Gasteiger partial charge in [0.2, 0.25) is 0 Å². The molecule has 1 aliphatic carbocycles. The molecule has 0 amide bonds. The Hall–Kier alpha value is -0.720. The van der Waals surface area contributed by atoms with Crippen LogP contribution in [0.15, 0.2) is 23.9 Å². The van der Waals surface area contributed by atoms with E-state index in [9.17, 15) is 0 Å². The maximum absolute atomic E-state index is 3.41. The van der Waals surface area contributed by atoms with Crippen LogP contribution in [0.4, 0.5) is 0 Å². The van der Waals surface area contributed by atoms with E-state index >= 15 is 0 Å². The Balaban J connectivity index is 2.18. The SMILES string of the molecule is CC1NC=CC=C2CCCC[C@@H]21. The highest BCUT2D eigenvalue weighted by Crippen LogP contribution is 2.32. The minimum absolute atomic E-state index is 0.635. The van der Waals surface area contributed by atoms with Gasteiger partial charge in [0.15, 0.2) is 0 Å². The van der Waals surface area contributed by atoms with E-state index in [-0.39, 0.29) is 0 Å². The molecule has 2 rings (SSSR count). The van der Waals surface area contributed by atoms with Gasteiger partial charge in [0.05, 0.1) is 0 Å². The minimum Gasteiger partial charge on any atom is -0.388 e. The number of hydrogen-bond donors (Lipinski definition) is 1. The standard InChI is InChI=1S/C11H17N/c1-9-11-7-3-2-5-10(11)6-4-8-12-9/h4,6,8-9,11-12H,2-3,5,7H2,1H3/t9?,11-/m1/s1. The van der Waals surface area contributed by atoms with E-state index in [4.69, 9.17) is 0 Å². The number of hydrogen-bond acceptors (Lipinski definition) is 1. The van der Waals surface area contributed by atoms with E-state index in [1.54, 1.807) is 5.57 Å². The molecule has 0 spiro atoms. The van der Waals surface area contributed by atoms with E-state index in [0.29, 0.717) is 6.04 Å². The number of allylic oxidation sites excluding steroid dienone is 2. The fraction of sp³-hybridized carbons (Fsp3) is 0.636. The minimum atomic E-state index is 0.635. The van der Waals surface area contributed by atoms with Crippen LogP contribution in [0, 0.1) is 5.92 Å². The molecule has 0 bridgehead atoms. The summed E-state index contributed by atoms with van der Waals surface area (Å²) in [5, 5.41) is 3.41. The largest absolute Gasteiger partial charge is 0.388 e. The summed E-state index contributed by atoms with van der Waals surface area (Å²) in [6, 6.07) is 0.635. The van der Waals surface area contributed by atoms with Crippen molar-refractivity contribution in [2.75, 3.05) is 0 Å². The third-order valence-corrected chi connectivity index (χ3v) is 3.08. The summed E-state index contributed by atoms with van der Waals surface area (Å²) < 4.78 is 0. The molecule has 66 valence electrons. The van der Waals surface area contributed by atoms with Crippen LogP contribution >= 0.6 is 0 Å². The highest BCUT2D eigenvalue weighted by atomic mass is 14.9. The molecule has 1 heterocycles. The van der Waals surface area contributed by atoms with Crippen LogP contribution in [0.3, 0.4) is 0 Å². The zero-order valence-corrected chi connectivity index (χ0v) is 7.72. The van der Waals surface area contributed by atoms with Crippen LogP contribution < -0.4 is 5.32 Å². The molecule has 0 aromatic carbocycles. The number of fused-ring (bicyclic) bond motifs is 1. The van der Waals surface area contributed by atoms with Crippen LogP contribution in [0.1, 0.15) is 32.6 Å². The van der Waals surface area contributed by atoms with Gasteiger partial charge in [-0.2, -0.15) is 0 Å². The van der Waals surface area contributed by atoms with Crippen LogP contribution in [0.5, 0.6) is 0 Å². The Morgan fingerprint density at radius 2 is 2.33 bits per heavy atom. The summed E-state index contributed by atoms with van der Waals surface area (Å²) in [6.45, 7) is 2.29. The van der Waals surface area contributed by atoms with Crippen LogP contribution in [0.25, 0.3) is 0 Å². The fourth-order valence-electron chi connectivity index (χ4n) is 2.34. The fourth-order valence-corrected chi connectivity index (χ4v) is 2.34. The first-order chi connectivity index (χ1) is 5.88. The van der Waals surface area contributed by atoms with Crippen molar-refractivity contribution in [3.63, 3.8) is 0 Å². The Kier molecular flexibility index (Phi) is 2.20. The van der Waals surface area contributed by atoms with Crippen molar-refractivity contribution < 1.29 is 0 Å². The molecule has 1 saturated carbocycles. The molecule has 0 saturated heterocycles. The summed E-state index contributed by atoms with van der Waals surface area (Å²) in [5.41, 5.74) is 1.66. The molecule has 12 heavy (non-hydrogen) atoms. The molecule has 0 aromatic rings. The average Bonchev–Trinajstić information content (AvgIpc) is 2.29. The summed E-state index contributed by atoms with van der Waals surface area (Å²) >= 11 is 0. The Labute approximate surface area is 74.5 Å². The van der Waals surface area contributed by atoms with Crippen molar-refractivity contribution >= 4 is 0 Å². The second-order valence-corrected chi connectivity index (χ2v) is 3.91. The van der Waals surface area contributed by atoms with Gasteiger partial charge in [-0.05, 0) is 44.4 Å². The first-order valence-corrected chi connectivity index (χ1v) is 4.99. The maximum Gasteiger partial charge on any atom is 0.0292 e. The maximum atomic E-state index is 3.41. The molecule has 1 N–H and O–H groups in total. The van der Waals surface area contributed by atoms with Crippen molar-refractivity contribution in [2.45, 2.75) is 38.6 Å². The first kappa shape index (κ1) is 7.90.